The first-order chi connectivity index (χ1) is 9.11. The lowest BCUT2D eigenvalue weighted by molar-refractivity contribution is 0.223. The Kier molecular flexibility index (Phi) is 7.02. The van der Waals surface area contributed by atoms with Gasteiger partial charge in [-0.2, -0.15) is 0 Å². The first-order valence-corrected chi connectivity index (χ1v) is 6.63. The van der Waals surface area contributed by atoms with Gasteiger partial charge in [-0.1, -0.05) is 25.7 Å². The summed E-state index contributed by atoms with van der Waals surface area (Å²) in [4.78, 5) is 2.27. The predicted molar refractivity (Wildman–Crippen MR) is 78.2 cm³/mol. The molecule has 1 aromatic carbocycles. The van der Waals surface area contributed by atoms with Gasteiger partial charge in [-0.3, -0.25) is 0 Å². The summed E-state index contributed by atoms with van der Waals surface area (Å²) in [5.41, 5.74) is 0.887. The molecule has 3 heteroatoms. The van der Waals surface area contributed by atoms with Crippen LogP contribution in [0, 0.1) is 17.8 Å². The second-order valence-corrected chi connectivity index (χ2v) is 4.99. The van der Waals surface area contributed by atoms with E-state index in [0.29, 0.717) is 12.5 Å². The summed E-state index contributed by atoms with van der Waals surface area (Å²) in [6.45, 7) is 7.00. The fraction of sp³-hybridized carbons (Fsp3) is 0.500. The molecule has 1 N–H and O–H groups in total. The van der Waals surface area contributed by atoms with Gasteiger partial charge in [0.25, 0.3) is 0 Å². The summed E-state index contributed by atoms with van der Waals surface area (Å²) in [6, 6.07) is 7.61. The smallest absolute Gasteiger partial charge is 0.119 e. The second kappa shape index (κ2) is 8.58. The molecule has 0 saturated heterocycles. The molecule has 0 spiro atoms. The van der Waals surface area contributed by atoms with Crippen LogP contribution in [0.4, 0.5) is 0 Å². The minimum Gasteiger partial charge on any atom is -0.492 e. The van der Waals surface area contributed by atoms with Crippen LogP contribution in [0.1, 0.15) is 19.4 Å². The van der Waals surface area contributed by atoms with Gasteiger partial charge in [0.2, 0.25) is 0 Å². The number of aliphatic hydroxyl groups excluding tert-OH is 1. The lowest BCUT2D eigenvalue weighted by atomic mass is 10.2. The third kappa shape index (κ3) is 6.85. The average Bonchev–Trinajstić information content (AvgIpc) is 2.37. The number of nitrogens with zero attached hydrogens (tertiary/aromatic N) is 1. The van der Waals surface area contributed by atoms with Crippen LogP contribution in [0.3, 0.4) is 0 Å². The molecule has 104 valence electrons. The Morgan fingerprint density at radius 1 is 1.26 bits per heavy atom. The monoisotopic (exact) mass is 261 g/mol. The van der Waals surface area contributed by atoms with Crippen molar-refractivity contribution >= 4 is 0 Å². The molecule has 0 unspecified atom stereocenters. The highest BCUT2D eigenvalue weighted by atomic mass is 16.5. The van der Waals surface area contributed by atoms with Gasteiger partial charge < -0.3 is 14.7 Å². The molecule has 0 fully saturated rings. The van der Waals surface area contributed by atoms with Gasteiger partial charge in [0.05, 0.1) is 0 Å². The standard InChI is InChI=1S/C16H23NO2/c1-14(2)13-17(3)10-12-19-16-8-6-15(7-9-16)5-4-11-18/h6-9,14,18H,10-13H2,1-3H3. The van der Waals surface area contributed by atoms with Crippen molar-refractivity contribution in [2.24, 2.45) is 5.92 Å². The van der Waals surface area contributed by atoms with Crippen molar-refractivity contribution < 1.29 is 9.84 Å². The minimum atomic E-state index is -0.111. The number of hydrogen-bond donors (Lipinski definition) is 1. The van der Waals surface area contributed by atoms with E-state index >= 15 is 0 Å². The summed E-state index contributed by atoms with van der Waals surface area (Å²) in [5, 5.41) is 8.61. The number of rotatable bonds is 6. The largest absolute Gasteiger partial charge is 0.492 e. The van der Waals surface area contributed by atoms with E-state index in [2.05, 4.69) is 37.6 Å². The minimum absolute atomic E-state index is 0.111. The fourth-order valence-electron chi connectivity index (χ4n) is 1.81. The highest BCUT2D eigenvalue weighted by Gasteiger charge is 2.01. The van der Waals surface area contributed by atoms with E-state index in [1.807, 2.05) is 24.3 Å². The van der Waals surface area contributed by atoms with Crippen molar-refractivity contribution in [1.82, 2.24) is 4.90 Å². The quantitative estimate of drug-likeness (QED) is 0.795. The summed E-state index contributed by atoms with van der Waals surface area (Å²) in [7, 11) is 2.11. The van der Waals surface area contributed by atoms with E-state index in [1.165, 1.54) is 0 Å². The molecule has 0 heterocycles. The predicted octanol–water partition coefficient (Wildman–Crippen LogP) is 2.00. The molecule has 0 aliphatic carbocycles. The van der Waals surface area contributed by atoms with Crippen molar-refractivity contribution in [3.8, 4) is 17.6 Å². The Labute approximate surface area is 116 Å². The fourth-order valence-corrected chi connectivity index (χ4v) is 1.81. The number of ether oxygens (including phenoxy) is 1. The van der Waals surface area contributed by atoms with Gasteiger partial charge in [0.1, 0.15) is 19.0 Å². The highest BCUT2D eigenvalue weighted by Crippen LogP contribution is 2.11. The number of benzene rings is 1. The van der Waals surface area contributed by atoms with Gasteiger partial charge in [0, 0.05) is 18.7 Å². The van der Waals surface area contributed by atoms with Gasteiger partial charge in [-0.15, -0.1) is 0 Å². The van der Waals surface area contributed by atoms with Crippen molar-refractivity contribution in [3.63, 3.8) is 0 Å². The first kappa shape index (κ1) is 15.6. The topological polar surface area (TPSA) is 32.7 Å². The summed E-state index contributed by atoms with van der Waals surface area (Å²) >= 11 is 0. The van der Waals surface area contributed by atoms with Gasteiger partial charge in [-0.05, 0) is 37.2 Å². The van der Waals surface area contributed by atoms with E-state index < -0.39 is 0 Å². The SMILES string of the molecule is CC(C)CN(C)CCOc1ccc(C#CCO)cc1. The Morgan fingerprint density at radius 3 is 2.53 bits per heavy atom. The first-order valence-electron chi connectivity index (χ1n) is 6.63. The van der Waals surface area contributed by atoms with Crippen LogP contribution in [0.5, 0.6) is 5.75 Å². The maximum atomic E-state index is 8.61. The van der Waals surface area contributed by atoms with Crippen LogP contribution >= 0.6 is 0 Å². The van der Waals surface area contributed by atoms with E-state index in [9.17, 15) is 0 Å². The lowest BCUT2D eigenvalue weighted by Crippen LogP contribution is -2.27. The molecule has 0 radical (unpaired) electrons. The Hall–Kier alpha value is -1.50. The van der Waals surface area contributed by atoms with Gasteiger partial charge >= 0.3 is 0 Å². The maximum Gasteiger partial charge on any atom is 0.119 e. The van der Waals surface area contributed by atoms with E-state index in [1.54, 1.807) is 0 Å². The zero-order valence-electron chi connectivity index (χ0n) is 12.0. The number of hydrogen-bond acceptors (Lipinski definition) is 3. The Balaban J connectivity index is 2.34. The Morgan fingerprint density at radius 2 is 1.95 bits per heavy atom. The van der Waals surface area contributed by atoms with Crippen LogP contribution in [0.15, 0.2) is 24.3 Å². The zero-order valence-corrected chi connectivity index (χ0v) is 12.0. The highest BCUT2D eigenvalue weighted by molar-refractivity contribution is 5.38. The van der Waals surface area contributed by atoms with E-state index in [4.69, 9.17) is 9.84 Å². The molecule has 0 aromatic heterocycles. The molecule has 0 aliphatic rings. The average molecular weight is 261 g/mol. The lowest BCUT2D eigenvalue weighted by Gasteiger charge is -2.18. The second-order valence-electron chi connectivity index (χ2n) is 4.99. The zero-order chi connectivity index (χ0) is 14.1. The third-order valence-electron chi connectivity index (χ3n) is 2.58. The van der Waals surface area contributed by atoms with Crippen LogP contribution in [-0.4, -0.2) is 43.4 Å². The number of aliphatic hydroxyl groups is 1. The van der Waals surface area contributed by atoms with Gasteiger partial charge in [0.15, 0.2) is 0 Å². The number of likely N-dealkylation sites (N-methyl/N-ethyl adjacent to an activating group) is 1. The molecule has 0 atom stereocenters. The molecule has 3 nitrogen and oxygen atoms in total. The van der Waals surface area contributed by atoms with Crippen LogP contribution in [-0.2, 0) is 0 Å². The summed E-state index contributed by atoms with van der Waals surface area (Å²) in [5.74, 6) is 7.00. The summed E-state index contributed by atoms with van der Waals surface area (Å²) in [6.07, 6.45) is 0. The van der Waals surface area contributed by atoms with E-state index in [0.717, 1.165) is 24.4 Å². The normalized spacial score (nSPS) is 10.4. The van der Waals surface area contributed by atoms with Crippen molar-refractivity contribution in [2.45, 2.75) is 13.8 Å². The van der Waals surface area contributed by atoms with Crippen molar-refractivity contribution in [1.29, 1.82) is 0 Å². The summed E-state index contributed by atoms with van der Waals surface area (Å²) < 4.78 is 5.68. The third-order valence-corrected chi connectivity index (χ3v) is 2.58. The molecule has 0 bridgehead atoms. The molecule has 19 heavy (non-hydrogen) atoms. The van der Waals surface area contributed by atoms with E-state index in [-0.39, 0.29) is 6.61 Å². The molecule has 1 rings (SSSR count). The Bertz CT molecular complexity index is 415. The van der Waals surface area contributed by atoms with Crippen LogP contribution in [0.2, 0.25) is 0 Å². The molecule has 0 saturated carbocycles. The molecule has 0 amide bonds. The molecular formula is C16H23NO2. The van der Waals surface area contributed by atoms with Crippen molar-refractivity contribution in [2.75, 3.05) is 33.4 Å². The maximum absolute atomic E-state index is 8.61. The molecular weight excluding hydrogens is 238 g/mol. The van der Waals surface area contributed by atoms with Gasteiger partial charge in [-0.25, -0.2) is 0 Å². The van der Waals surface area contributed by atoms with Crippen LogP contribution in [0.25, 0.3) is 0 Å². The molecule has 0 aliphatic heterocycles. The van der Waals surface area contributed by atoms with Crippen LogP contribution < -0.4 is 4.74 Å². The van der Waals surface area contributed by atoms with Crippen molar-refractivity contribution in [3.05, 3.63) is 29.8 Å². The molecule has 1 aromatic rings.